The fraction of sp³-hybridized carbons (Fsp3) is 0.841. The third-order valence-electron chi connectivity index (χ3n) is 10.8. The molecule has 0 saturated carbocycles. The molecular formula is C44H79NO13. The van der Waals surface area contributed by atoms with Crippen LogP contribution in [0.5, 0.6) is 0 Å². The largest absolute Gasteiger partial charge is 0.394 e. The molecule has 12 unspecified atom stereocenters. The zero-order chi connectivity index (χ0) is 42.5. The van der Waals surface area contributed by atoms with Gasteiger partial charge in [0.15, 0.2) is 12.6 Å². The number of hydrogen-bond donors (Lipinski definition) is 9. The number of carbonyl (C=O) groups excluding carboxylic acids is 1. The van der Waals surface area contributed by atoms with Crippen LogP contribution in [0.1, 0.15) is 142 Å². The fourth-order valence-electron chi connectivity index (χ4n) is 7.08. The van der Waals surface area contributed by atoms with Crippen molar-refractivity contribution in [1.29, 1.82) is 0 Å². The average Bonchev–Trinajstić information content (AvgIpc) is 3.22. The van der Waals surface area contributed by atoms with E-state index in [1.54, 1.807) is 6.08 Å². The van der Waals surface area contributed by atoms with E-state index in [9.17, 15) is 45.6 Å². The number of aliphatic hydroxyl groups excluding tert-OH is 8. The zero-order valence-electron chi connectivity index (χ0n) is 35.3. The molecule has 2 saturated heterocycles. The number of hydrogen-bond acceptors (Lipinski definition) is 13. The molecule has 0 aromatic rings. The van der Waals surface area contributed by atoms with Crippen LogP contribution >= 0.6 is 0 Å². The van der Waals surface area contributed by atoms with Crippen LogP contribution in [0.15, 0.2) is 36.5 Å². The van der Waals surface area contributed by atoms with Crippen molar-refractivity contribution in [3.63, 3.8) is 0 Å². The van der Waals surface area contributed by atoms with E-state index < -0.39 is 86.8 Å². The predicted molar refractivity (Wildman–Crippen MR) is 221 cm³/mol. The standard InChI is InChI=1S/C44H79NO13/c1-3-5-7-9-10-11-12-13-14-15-16-17-18-19-20-21-22-23-24-25-27-33(48)32(45-36(49)28-26-8-6-4-2)31-55-43-41(54)39(52)42(35(30-47)57-43)58-44-40(53)38(51)37(50)34(29-46)56-44/h17-18,21-22,25,27,32-35,37-44,46-48,50-54H,3-16,19-20,23-24,26,28-31H2,1-2H3,(H,45,49)/b18-17+,22-21+,27-25+. The summed E-state index contributed by atoms with van der Waals surface area (Å²) in [6.07, 6.45) is 17.1. The third-order valence-corrected chi connectivity index (χ3v) is 10.8. The van der Waals surface area contributed by atoms with Crippen LogP contribution in [0.2, 0.25) is 0 Å². The summed E-state index contributed by atoms with van der Waals surface area (Å²) in [7, 11) is 0. The molecule has 0 spiro atoms. The van der Waals surface area contributed by atoms with Crippen LogP contribution in [0, 0.1) is 0 Å². The quantitative estimate of drug-likeness (QED) is 0.0346. The van der Waals surface area contributed by atoms with Crippen molar-refractivity contribution in [3.8, 4) is 0 Å². The number of allylic oxidation sites excluding steroid dienone is 5. The topological polar surface area (TPSA) is 228 Å². The van der Waals surface area contributed by atoms with E-state index in [-0.39, 0.29) is 18.9 Å². The van der Waals surface area contributed by atoms with Crippen LogP contribution in [-0.2, 0) is 23.7 Å². The molecule has 0 aromatic carbocycles. The van der Waals surface area contributed by atoms with E-state index in [0.717, 1.165) is 44.9 Å². The Morgan fingerprint density at radius 1 is 0.603 bits per heavy atom. The molecule has 2 fully saturated rings. The van der Waals surface area contributed by atoms with Gasteiger partial charge in [0.2, 0.25) is 5.91 Å². The van der Waals surface area contributed by atoms with Crippen molar-refractivity contribution in [1.82, 2.24) is 5.32 Å². The average molecular weight is 830 g/mol. The monoisotopic (exact) mass is 830 g/mol. The Balaban J connectivity index is 1.83. The Kier molecular flexibility index (Phi) is 28.9. The first kappa shape index (κ1) is 52.3. The van der Waals surface area contributed by atoms with E-state index in [1.165, 1.54) is 64.2 Å². The molecule has 12 atom stereocenters. The number of rotatable bonds is 32. The van der Waals surface area contributed by atoms with Gasteiger partial charge in [0.05, 0.1) is 32.0 Å². The van der Waals surface area contributed by atoms with Crippen molar-refractivity contribution in [2.75, 3.05) is 19.8 Å². The minimum atomic E-state index is -1.79. The van der Waals surface area contributed by atoms with Crippen molar-refractivity contribution in [2.24, 2.45) is 0 Å². The van der Waals surface area contributed by atoms with E-state index in [4.69, 9.17) is 18.9 Å². The number of amides is 1. The minimum Gasteiger partial charge on any atom is -0.394 e. The van der Waals surface area contributed by atoms with Gasteiger partial charge in [0.25, 0.3) is 0 Å². The maximum atomic E-state index is 12.8. The molecule has 14 nitrogen and oxygen atoms in total. The lowest BCUT2D eigenvalue weighted by Gasteiger charge is -2.46. The van der Waals surface area contributed by atoms with Gasteiger partial charge in [-0.05, 0) is 44.9 Å². The van der Waals surface area contributed by atoms with Crippen LogP contribution in [0.3, 0.4) is 0 Å². The summed E-state index contributed by atoms with van der Waals surface area (Å²) in [6.45, 7) is 2.59. The van der Waals surface area contributed by atoms with Crippen LogP contribution in [0.4, 0.5) is 0 Å². The van der Waals surface area contributed by atoms with Gasteiger partial charge in [-0.3, -0.25) is 4.79 Å². The highest BCUT2D eigenvalue weighted by Gasteiger charge is 2.50. The second-order valence-corrected chi connectivity index (χ2v) is 15.8. The van der Waals surface area contributed by atoms with E-state index >= 15 is 0 Å². The molecule has 338 valence electrons. The van der Waals surface area contributed by atoms with Crippen LogP contribution in [0.25, 0.3) is 0 Å². The lowest BCUT2D eigenvalue weighted by molar-refractivity contribution is -0.359. The summed E-state index contributed by atoms with van der Waals surface area (Å²) in [6, 6.07) is -0.929. The number of carbonyl (C=O) groups is 1. The molecule has 0 aromatic heterocycles. The Morgan fingerprint density at radius 2 is 1.10 bits per heavy atom. The summed E-state index contributed by atoms with van der Waals surface area (Å²) in [5.41, 5.74) is 0. The Morgan fingerprint density at radius 3 is 1.69 bits per heavy atom. The first-order valence-electron chi connectivity index (χ1n) is 22.2. The summed E-state index contributed by atoms with van der Waals surface area (Å²) in [5, 5.41) is 85.9. The van der Waals surface area contributed by atoms with Gasteiger partial charge in [-0.2, -0.15) is 0 Å². The number of nitrogens with one attached hydrogen (secondary N) is 1. The number of ether oxygens (including phenoxy) is 4. The van der Waals surface area contributed by atoms with Crippen LogP contribution < -0.4 is 5.32 Å². The van der Waals surface area contributed by atoms with Crippen molar-refractivity contribution >= 4 is 5.91 Å². The van der Waals surface area contributed by atoms with Crippen molar-refractivity contribution < 1.29 is 64.6 Å². The Hall–Kier alpha value is -1.79. The summed E-state index contributed by atoms with van der Waals surface area (Å²) >= 11 is 0. The molecule has 0 aliphatic carbocycles. The fourth-order valence-corrected chi connectivity index (χ4v) is 7.08. The van der Waals surface area contributed by atoms with Gasteiger partial charge < -0.3 is 65.1 Å². The normalized spacial score (nSPS) is 29.1. The second-order valence-electron chi connectivity index (χ2n) is 15.8. The van der Waals surface area contributed by atoms with Crippen molar-refractivity contribution in [2.45, 2.75) is 216 Å². The molecule has 0 radical (unpaired) electrons. The second kappa shape index (κ2) is 32.0. The smallest absolute Gasteiger partial charge is 0.220 e. The molecule has 2 heterocycles. The summed E-state index contributed by atoms with van der Waals surface area (Å²) < 4.78 is 22.5. The maximum absolute atomic E-state index is 12.8. The minimum absolute atomic E-state index is 0.261. The van der Waals surface area contributed by atoms with E-state index in [0.29, 0.717) is 12.8 Å². The van der Waals surface area contributed by atoms with Gasteiger partial charge in [-0.1, -0.05) is 127 Å². The maximum Gasteiger partial charge on any atom is 0.220 e. The highest BCUT2D eigenvalue weighted by molar-refractivity contribution is 5.76. The summed E-state index contributed by atoms with van der Waals surface area (Å²) in [5.74, 6) is -0.274. The predicted octanol–water partition coefficient (Wildman–Crippen LogP) is 3.98. The van der Waals surface area contributed by atoms with E-state index in [2.05, 4.69) is 43.5 Å². The Labute approximate surface area is 347 Å². The number of unbranched alkanes of at least 4 members (excludes halogenated alkanes) is 15. The van der Waals surface area contributed by atoms with Crippen molar-refractivity contribution in [3.05, 3.63) is 36.5 Å². The van der Waals surface area contributed by atoms with E-state index in [1.807, 2.05) is 6.08 Å². The molecule has 1 amide bonds. The molecular weight excluding hydrogens is 750 g/mol. The lowest BCUT2D eigenvalue weighted by atomic mass is 9.97. The van der Waals surface area contributed by atoms with Gasteiger partial charge in [0, 0.05) is 6.42 Å². The number of aliphatic hydroxyl groups is 8. The molecule has 0 bridgehead atoms. The SMILES string of the molecule is CCCCCCCCCCCC/C=C/CC/C=C/CC/C=C/C(O)C(COC1OC(CO)C(OC2OC(CO)C(O)C(O)C2O)C(O)C1O)NC(=O)CCCCCC. The molecule has 2 rings (SSSR count). The molecule has 58 heavy (non-hydrogen) atoms. The third kappa shape index (κ3) is 20.2. The highest BCUT2D eigenvalue weighted by Crippen LogP contribution is 2.30. The highest BCUT2D eigenvalue weighted by atomic mass is 16.7. The molecule has 2 aliphatic rings. The lowest BCUT2D eigenvalue weighted by Crippen LogP contribution is -2.65. The van der Waals surface area contributed by atoms with Gasteiger partial charge in [0.1, 0.15) is 48.8 Å². The molecule has 14 heteroatoms. The first-order chi connectivity index (χ1) is 28.1. The summed E-state index contributed by atoms with van der Waals surface area (Å²) in [4.78, 5) is 12.8. The molecule has 9 N–H and O–H groups in total. The van der Waals surface area contributed by atoms with Crippen LogP contribution in [-0.4, -0.2) is 140 Å². The van der Waals surface area contributed by atoms with Gasteiger partial charge in [-0.15, -0.1) is 0 Å². The van der Waals surface area contributed by atoms with Gasteiger partial charge >= 0.3 is 0 Å². The zero-order valence-corrected chi connectivity index (χ0v) is 35.3. The Bertz CT molecular complexity index is 1120. The molecule has 2 aliphatic heterocycles. The van der Waals surface area contributed by atoms with Gasteiger partial charge in [-0.25, -0.2) is 0 Å². The first-order valence-corrected chi connectivity index (χ1v) is 22.2.